The van der Waals surface area contributed by atoms with Gasteiger partial charge in [0, 0.05) is 5.92 Å². The summed E-state index contributed by atoms with van der Waals surface area (Å²) in [7, 11) is 0. The summed E-state index contributed by atoms with van der Waals surface area (Å²) in [5, 5.41) is 9.53. The summed E-state index contributed by atoms with van der Waals surface area (Å²) in [5.41, 5.74) is 0.0798. The van der Waals surface area contributed by atoms with E-state index in [1.165, 1.54) is 12.8 Å². The van der Waals surface area contributed by atoms with Gasteiger partial charge in [-0.05, 0) is 32.1 Å². The Bertz CT molecular complexity index is 439. The number of nitrogens with one attached hydrogen (secondary N) is 1. The minimum absolute atomic E-state index is 0.126. The molecule has 1 aliphatic carbocycles. The molecule has 0 aromatic carbocycles. The van der Waals surface area contributed by atoms with Crippen LogP contribution in [0.3, 0.4) is 0 Å². The minimum Gasteiger partial charge on any atom is -0.493 e. The molecule has 0 radical (unpaired) electrons. The van der Waals surface area contributed by atoms with E-state index in [0.717, 1.165) is 18.8 Å². The lowest BCUT2D eigenvalue weighted by Crippen LogP contribution is -2.16. The Morgan fingerprint density at radius 2 is 2.25 bits per heavy atom. The van der Waals surface area contributed by atoms with Crippen LogP contribution in [0.5, 0.6) is 5.88 Å². The predicted molar refractivity (Wildman–Crippen MR) is 61.6 cm³/mol. The monoisotopic (exact) mass is 222 g/mol. The van der Waals surface area contributed by atoms with Gasteiger partial charge in [0.05, 0.1) is 5.56 Å². The van der Waals surface area contributed by atoms with E-state index in [-0.39, 0.29) is 11.4 Å². The van der Waals surface area contributed by atoms with Gasteiger partial charge in [-0.3, -0.25) is 4.79 Å². The molecule has 4 heteroatoms. The van der Waals surface area contributed by atoms with Gasteiger partial charge in [-0.2, -0.15) is 4.98 Å². The van der Waals surface area contributed by atoms with Gasteiger partial charge in [-0.25, -0.2) is 0 Å². The Kier molecular flexibility index (Phi) is 2.99. The van der Waals surface area contributed by atoms with E-state index in [0.29, 0.717) is 17.3 Å². The summed E-state index contributed by atoms with van der Waals surface area (Å²) in [4.78, 5) is 18.4. The smallest absolute Gasteiger partial charge is 0.257 e. The number of nitrogens with zero attached hydrogens (tertiary/aromatic N) is 1. The summed E-state index contributed by atoms with van der Waals surface area (Å²) in [6, 6.07) is 0. The van der Waals surface area contributed by atoms with Crippen LogP contribution in [-0.2, 0) is 0 Å². The molecule has 88 valence electrons. The second-order valence-corrected chi connectivity index (χ2v) is 4.68. The fourth-order valence-corrected chi connectivity index (χ4v) is 2.42. The van der Waals surface area contributed by atoms with Crippen molar-refractivity contribution in [1.82, 2.24) is 9.97 Å². The topological polar surface area (TPSA) is 66.0 Å². The fourth-order valence-electron chi connectivity index (χ4n) is 2.42. The Morgan fingerprint density at radius 3 is 2.81 bits per heavy atom. The Hall–Kier alpha value is -1.32. The second-order valence-electron chi connectivity index (χ2n) is 4.68. The highest BCUT2D eigenvalue weighted by Gasteiger charge is 2.27. The van der Waals surface area contributed by atoms with Crippen LogP contribution in [0.1, 0.15) is 49.9 Å². The molecule has 1 fully saturated rings. The number of hydrogen-bond acceptors (Lipinski definition) is 3. The molecule has 16 heavy (non-hydrogen) atoms. The average Bonchev–Trinajstić information content (AvgIpc) is 2.73. The maximum atomic E-state index is 11.5. The molecule has 1 saturated carbocycles. The maximum Gasteiger partial charge on any atom is 0.257 e. The van der Waals surface area contributed by atoms with Crippen LogP contribution in [0, 0.1) is 12.8 Å². The molecule has 0 spiro atoms. The van der Waals surface area contributed by atoms with Crippen LogP contribution in [0.25, 0.3) is 0 Å². The molecule has 1 aromatic rings. The van der Waals surface area contributed by atoms with Gasteiger partial charge < -0.3 is 10.1 Å². The molecule has 4 nitrogen and oxygen atoms in total. The number of aromatic hydroxyl groups is 1. The molecule has 2 unspecified atom stereocenters. The summed E-state index contributed by atoms with van der Waals surface area (Å²) in [6.45, 7) is 3.77. The first-order valence-electron chi connectivity index (χ1n) is 5.91. The first kappa shape index (κ1) is 11.2. The lowest BCUT2D eigenvalue weighted by molar-refractivity contribution is 0.437. The molecule has 0 saturated heterocycles. The van der Waals surface area contributed by atoms with Crippen molar-refractivity contribution in [3.05, 3.63) is 21.7 Å². The molecule has 1 aromatic heterocycles. The zero-order valence-electron chi connectivity index (χ0n) is 9.79. The first-order valence-corrected chi connectivity index (χ1v) is 5.91. The molecule has 2 atom stereocenters. The van der Waals surface area contributed by atoms with Crippen molar-refractivity contribution in [3.8, 4) is 5.88 Å². The van der Waals surface area contributed by atoms with Gasteiger partial charge in [0.25, 0.3) is 5.56 Å². The average molecular weight is 222 g/mol. The highest BCUT2D eigenvalue weighted by molar-refractivity contribution is 5.21. The summed E-state index contributed by atoms with van der Waals surface area (Å²) >= 11 is 0. The molecule has 0 aliphatic heterocycles. The maximum absolute atomic E-state index is 11.5. The number of H-pyrrole nitrogens is 1. The van der Waals surface area contributed by atoms with Crippen molar-refractivity contribution >= 4 is 0 Å². The van der Waals surface area contributed by atoms with Crippen molar-refractivity contribution in [2.45, 2.75) is 45.4 Å². The second kappa shape index (κ2) is 4.28. The molecular formula is C12H18N2O2. The van der Waals surface area contributed by atoms with Crippen LogP contribution in [0.2, 0.25) is 0 Å². The molecular weight excluding hydrogens is 204 g/mol. The summed E-state index contributed by atoms with van der Waals surface area (Å²) in [5.74, 6) is 1.57. The van der Waals surface area contributed by atoms with E-state index < -0.39 is 0 Å². The van der Waals surface area contributed by atoms with E-state index in [1.54, 1.807) is 6.92 Å². The van der Waals surface area contributed by atoms with Crippen molar-refractivity contribution in [1.29, 1.82) is 0 Å². The third-order valence-electron chi connectivity index (χ3n) is 3.65. The standard InChI is InChI=1S/C12H18N2O2/c1-3-8-4-5-9(6-8)10-13-11(15)7(2)12(16)14-10/h8-9H,3-6H2,1-2H3,(H2,13,14,15,16). The van der Waals surface area contributed by atoms with Crippen molar-refractivity contribution in [2.75, 3.05) is 0 Å². The predicted octanol–water partition coefficient (Wildman–Crippen LogP) is 2.08. The molecule has 0 amide bonds. The first-order chi connectivity index (χ1) is 7.61. The molecule has 1 heterocycles. The normalized spacial score (nSPS) is 24.9. The molecule has 0 bridgehead atoms. The largest absolute Gasteiger partial charge is 0.493 e. The number of rotatable bonds is 2. The van der Waals surface area contributed by atoms with Gasteiger partial charge >= 0.3 is 0 Å². The Labute approximate surface area is 94.7 Å². The minimum atomic E-state index is -0.220. The SMILES string of the molecule is CCC1CCC(c2nc(O)c(C)c(=O)[nH]2)C1. The number of aromatic nitrogens is 2. The third-order valence-corrected chi connectivity index (χ3v) is 3.65. The van der Waals surface area contributed by atoms with Gasteiger partial charge in [-0.15, -0.1) is 0 Å². The Morgan fingerprint density at radius 1 is 1.50 bits per heavy atom. The van der Waals surface area contributed by atoms with E-state index in [1.807, 2.05) is 0 Å². The molecule has 1 aliphatic rings. The fraction of sp³-hybridized carbons (Fsp3) is 0.667. The van der Waals surface area contributed by atoms with Gasteiger partial charge in [0.2, 0.25) is 5.88 Å². The lowest BCUT2D eigenvalue weighted by atomic mass is 10.0. The van der Waals surface area contributed by atoms with E-state index in [4.69, 9.17) is 0 Å². The highest BCUT2D eigenvalue weighted by atomic mass is 16.3. The highest BCUT2D eigenvalue weighted by Crippen LogP contribution is 2.38. The third kappa shape index (κ3) is 1.96. The van der Waals surface area contributed by atoms with Crippen molar-refractivity contribution < 1.29 is 5.11 Å². The van der Waals surface area contributed by atoms with Crippen LogP contribution in [0.4, 0.5) is 0 Å². The van der Waals surface area contributed by atoms with Gasteiger partial charge in [0.1, 0.15) is 5.82 Å². The molecule has 2 N–H and O–H groups in total. The van der Waals surface area contributed by atoms with E-state index >= 15 is 0 Å². The van der Waals surface area contributed by atoms with Crippen molar-refractivity contribution in [3.63, 3.8) is 0 Å². The molecule has 2 rings (SSSR count). The summed E-state index contributed by atoms with van der Waals surface area (Å²) < 4.78 is 0. The van der Waals surface area contributed by atoms with Crippen LogP contribution in [-0.4, -0.2) is 15.1 Å². The van der Waals surface area contributed by atoms with E-state index in [2.05, 4.69) is 16.9 Å². The van der Waals surface area contributed by atoms with E-state index in [9.17, 15) is 9.90 Å². The lowest BCUT2D eigenvalue weighted by Gasteiger charge is -2.10. The van der Waals surface area contributed by atoms with Crippen molar-refractivity contribution in [2.24, 2.45) is 5.92 Å². The van der Waals surface area contributed by atoms with Crippen LogP contribution >= 0.6 is 0 Å². The quantitative estimate of drug-likeness (QED) is 0.805. The summed E-state index contributed by atoms with van der Waals surface area (Å²) in [6.07, 6.45) is 4.50. The van der Waals surface area contributed by atoms with Gasteiger partial charge in [0.15, 0.2) is 0 Å². The van der Waals surface area contributed by atoms with Crippen LogP contribution < -0.4 is 5.56 Å². The number of aromatic amines is 1. The number of hydrogen-bond donors (Lipinski definition) is 2. The zero-order valence-corrected chi connectivity index (χ0v) is 9.79. The zero-order chi connectivity index (χ0) is 11.7. The van der Waals surface area contributed by atoms with Gasteiger partial charge in [-0.1, -0.05) is 13.3 Å². The Balaban J connectivity index is 2.26. The van der Waals surface area contributed by atoms with Crippen LogP contribution in [0.15, 0.2) is 4.79 Å².